The molecule has 4 fully saturated rings. The smallest absolute Gasteiger partial charge is 0.405 e. The van der Waals surface area contributed by atoms with Crippen LogP contribution < -0.4 is 21.1 Å². The molecule has 2 atom stereocenters. The van der Waals surface area contributed by atoms with E-state index in [1.807, 2.05) is 13.8 Å². The summed E-state index contributed by atoms with van der Waals surface area (Å²) in [5.74, 6) is 0.0417. The second-order valence-corrected chi connectivity index (χ2v) is 13.6. The van der Waals surface area contributed by atoms with Gasteiger partial charge in [0, 0.05) is 12.2 Å². The molecule has 0 aliphatic heterocycles. The SMILES string of the molecule is CC(C)COc1c(C(=O)NC2C3CC4CC2CC(OC(N)=O)(C4)C3)cnn1/C=C/C(C)(C)NC(=O)COC(=O)c1ccccc1. The molecule has 2 aromatic rings. The third kappa shape index (κ3) is 7.66. The van der Waals surface area contributed by atoms with Crippen LogP contribution in [0.4, 0.5) is 4.79 Å². The highest BCUT2D eigenvalue weighted by Gasteiger charge is 2.57. The summed E-state index contributed by atoms with van der Waals surface area (Å²) in [6, 6.07) is 8.41. The van der Waals surface area contributed by atoms with Crippen molar-refractivity contribution >= 4 is 30.1 Å². The van der Waals surface area contributed by atoms with Crippen LogP contribution in [0.15, 0.2) is 42.6 Å². The lowest BCUT2D eigenvalue weighted by Gasteiger charge is -2.58. The molecular formula is C33H43N5O7. The third-order valence-corrected chi connectivity index (χ3v) is 8.82. The molecule has 12 nitrogen and oxygen atoms in total. The Balaban J connectivity index is 1.24. The van der Waals surface area contributed by atoms with Crippen LogP contribution >= 0.6 is 0 Å². The minimum Gasteiger partial charge on any atom is -0.477 e. The summed E-state index contributed by atoms with van der Waals surface area (Å²) in [6.07, 6.45) is 8.29. The zero-order valence-corrected chi connectivity index (χ0v) is 26.3. The fourth-order valence-electron chi connectivity index (χ4n) is 7.24. The number of rotatable bonds is 12. The highest BCUT2D eigenvalue weighted by molar-refractivity contribution is 5.96. The maximum Gasteiger partial charge on any atom is 0.405 e. The fraction of sp³-hybridized carbons (Fsp3) is 0.545. The molecule has 3 amide bonds. The van der Waals surface area contributed by atoms with Crippen molar-refractivity contribution in [3.05, 3.63) is 53.7 Å². The first-order valence-corrected chi connectivity index (χ1v) is 15.6. The van der Waals surface area contributed by atoms with Crippen molar-refractivity contribution in [2.24, 2.45) is 29.4 Å². The summed E-state index contributed by atoms with van der Waals surface area (Å²) in [6.45, 7) is 7.53. The zero-order chi connectivity index (χ0) is 32.4. The van der Waals surface area contributed by atoms with Crippen LogP contribution in [0.3, 0.4) is 0 Å². The van der Waals surface area contributed by atoms with Crippen molar-refractivity contribution in [2.45, 2.75) is 77.0 Å². The quantitative estimate of drug-likeness (QED) is 0.300. The van der Waals surface area contributed by atoms with Gasteiger partial charge >= 0.3 is 12.1 Å². The Bertz CT molecular complexity index is 1430. The predicted octanol–water partition coefficient (Wildman–Crippen LogP) is 3.91. The van der Waals surface area contributed by atoms with Gasteiger partial charge in [-0.25, -0.2) is 14.3 Å². The maximum absolute atomic E-state index is 13.7. The molecule has 1 heterocycles. The van der Waals surface area contributed by atoms with E-state index < -0.39 is 35.7 Å². The largest absolute Gasteiger partial charge is 0.477 e. The molecule has 2 unspecified atom stereocenters. The Morgan fingerprint density at radius 3 is 2.44 bits per heavy atom. The number of nitrogens with zero attached hydrogens (tertiary/aromatic N) is 2. The molecule has 45 heavy (non-hydrogen) atoms. The average molecular weight is 622 g/mol. The molecule has 4 aliphatic carbocycles. The zero-order valence-electron chi connectivity index (χ0n) is 26.3. The van der Waals surface area contributed by atoms with Crippen molar-refractivity contribution in [3.8, 4) is 5.88 Å². The van der Waals surface area contributed by atoms with Gasteiger partial charge in [-0.2, -0.15) is 5.10 Å². The standard InChI is InChI=1S/C33H43N5O7/c1-20(2)18-43-29-25(28(40)36-27-23-12-21-13-24(27)16-33(14-21,15-23)45-31(34)42)17-35-38(29)11-10-32(3,4)37-26(39)19-44-30(41)22-8-6-5-7-9-22/h5-11,17,20-21,23-24,27H,12-16,18-19H2,1-4H3,(H2,34,42)(H,36,40)(H,37,39)/b11-10+. The molecule has 6 rings (SSSR count). The molecule has 4 aliphatic rings. The molecule has 12 heteroatoms. The summed E-state index contributed by atoms with van der Waals surface area (Å²) < 4.78 is 18.3. The van der Waals surface area contributed by atoms with E-state index in [2.05, 4.69) is 15.7 Å². The molecule has 1 aromatic carbocycles. The van der Waals surface area contributed by atoms with Crippen LogP contribution in [0.5, 0.6) is 5.88 Å². The molecule has 0 spiro atoms. The first-order valence-electron chi connectivity index (χ1n) is 15.6. The summed E-state index contributed by atoms with van der Waals surface area (Å²) in [5, 5.41) is 10.5. The molecule has 4 bridgehead atoms. The van der Waals surface area contributed by atoms with Gasteiger partial charge in [-0.3, -0.25) is 9.59 Å². The second-order valence-electron chi connectivity index (χ2n) is 13.6. The first-order chi connectivity index (χ1) is 21.3. The van der Waals surface area contributed by atoms with E-state index in [1.165, 1.54) is 10.9 Å². The van der Waals surface area contributed by atoms with E-state index in [9.17, 15) is 19.2 Å². The van der Waals surface area contributed by atoms with Crippen LogP contribution in [-0.4, -0.2) is 64.1 Å². The maximum atomic E-state index is 13.7. The molecule has 1 aromatic heterocycles. The van der Waals surface area contributed by atoms with E-state index in [0.29, 0.717) is 42.4 Å². The highest BCUT2D eigenvalue weighted by atomic mass is 16.6. The van der Waals surface area contributed by atoms with E-state index >= 15 is 0 Å². The van der Waals surface area contributed by atoms with Crippen molar-refractivity contribution in [3.63, 3.8) is 0 Å². The second kappa shape index (κ2) is 12.9. The number of carbonyl (C=O) groups excluding carboxylic acids is 4. The van der Waals surface area contributed by atoms with Gasteiger partial charge in [-0.15, -0.1) is 0 Å². The number of esters is 1. The van der Waals surface area contributed by atoms with Gasteiger partial charge in [0.15, 0.2) is 6.61 Å². The molecular weight excluding hydrogens is 578 g/mol. The predicted molar refractivity (Wildman–Crippen MR) is 165 cm³/mol. The van der Waals surface area contributed by atoms with E-state index in [0.717, 1.165) is 19.3 Å². The van der Waals surface area contributed by atoms with Gasteiger partial charge in [-0.1, -0.05) is 32.0 Å². The topological polar surface area (TPSA) is 164 Å². The number of nitrogens with one attached hydrogen (secondary N) is 2. The highest BCUT2D eigenvalue weighted by Crippen LogP contribution is 2.57. The molecule has 4 N–H and O–H groups in total. The molecule has 0 radical (unpaired) electrons. The average Bonchev–Trinajstić information content (AvgIpc) is 3.38. The lowest BCUT2D eigenvalue weighted by atomic mass is 9.52. The van der Waals surface area contributed by atoms with Crippen molar-refractivity contribution in [1.82, 2.24) is 20.4 Å². The number of amides is 3. The number of benzene rings is 1. The lowest BCUT2D eigenvalue weighted by molar-refractivity contribution is -0.137. The fourth-order valence-corrected chi connectivity index (χ4v) is 7.24. The van der Waals surface area contributed by atoms with E-state index in [1.54, 1.807) is 56.5 Å². The number of aromatic nitrogens is 2. The summed E-state index contributed by atoms with van der Waals surface area (Å²) in [7, 11) is 0. The number of primary amides is 1. The monoisotopic (exact) mass is 621 g/mol. The van der Waals surface area contributed by atoms with E-state index in [4.69, 9.17) is 19.9 Å². The number of ether oxygens (including phenoxy) is 3. The molecule has 0 saturated heterocycles. The van der Waals surface area contributed by atoms with Gasteiger partial charge in [0.2, 0.25) is 5.88 Å². The number of hydrogen-bond donors (Lipinski definition) is 3. The first kappa shape index (κ1) is 32.1. The lowest BCUT2D eigenvalue weighted by Crippen LogP contribution is -2.63. The molecule has 4 saturated carbocycles. The normalized spacial score (nSPS) is 25.3. The summed E-state index contributed by atoms with van der Waals surface area (Å²) >= 11 is 0. The van der Waals surface area contributed by atoms with Crippen LogP contribution in [0.2, 0.25) is 0 Å². The Hall–Kier alpha value is -4.35. The Morgan fingerprint density at radius 2 is 1.80 bits per heavy atom. The van der Waals surface area contributed by atoms with Crippen molar-refractivity contribution < 1.29 is 33.4 Å². The Kier molecular flexibility index (Phi) is 9.22. The van der Waals surface area contributed by atoms with Crippen LogP contribution in [0.25, 0.3) is 6.20 Å². The van der Waals surface area contributed by atoms with E-state index in [-0.39, 0.29) is 29.7 Å². The third-order valence-electron chi connectivity index (χ3n) is 8.82. The summed E-state index contributed by atoms with van der Waals surface area (Å²) in [4.78, 5) is 50.0. The van der Waals surface area contributed by atoms with Crippen LogP contribution in [0.1, 0.15) is 80.5 Å². The van der Waals surface area contributed by atoms with Crippen LogP contribution in [0, 0.1) is 23.7 Å². The number of hydrogen-bond acceptors (Lipinski definition) is 8. The van der Waals surface area contributed by atoms with Gasteiger partial charge in [0.05, 0.1) is 23.9 Å². The van der Waals surface area contributed by atoms with Gasteiger partial charge in [-0.05, 0) is 87.8 Å². The Morgan fingerprint density at radius 1 is 1.11 bits per heavy atom. The molecule has 242 valence electrons. The number of carbonyl (C=O) groups is 4. The minimum absolute atomic E-state index is 0.0411. The van der Waals surface area contributed by atoms with Gasteiger partial charge in [0.1, 0.15) is 11.2 Å². The van der Waals surface area contributed by atoms with Gasteiger partial charge in [0.25, 0.3) is 11.8 Å². The van der Waals surface area contributed by atoms with Crippen molar-refractivity contribution in [1.29, 1.82) is 0 Å². The van der Waals surface area contributed by atoms with Gasteiger partial charge < -0.3 is 30.6 Å². The van der Waals surface area contributed by atoms with Crippen LogP contribution in [-0.2, 0) is 14.3 Å². The number of nitrogens with two attached hydrogens (primary N) is 1. The minimum atomic E-state index is -0.844. The van der Waals surface area contributed by atoms with Crippen molar-refractivity contribution in [2.75, 3.05) is 13.2 Å². The summed E-state index contributed by atoms with van der Waals surface area (Å²) in [5.41, 5.74) is 4.71. The Labute approximate surface area is 263 Å².